The van der Waals surface area contributed by atoms with Gasteiger partial charge in [-0.05, 0) is 43.4 Å². The minimum absolute atomic E-state index is 0.281. The maximum Gasteiger partial charge on any atom is 0.180 e. The predicted octanol–water partition coefficient (Wildman–Crippen LogP) is 3.51. The van der Waals surface area contributed by atoms with E-state index in [0.717, 1.165) is 23.3 Å². The second-order valence-corrected chi connectivity index (χ2v) is 6.49. The molecule has 2 rings (SSSR count). The Morgan fingerprint density at radius 3 is 2.53 bits per heavy atom. The third kappa shape index (κ3) is 3.15. The van der Waals surface area contributed by atoms with Crippen LogP contribution in [0.25, 0.3) is 0 Å². The van der Waals surface area contributed by atoms with Crippen LogP contribution in [0.4, 0.5) is 0 Å². The van der Waals surface area contributed by atoms with Crippen LogP contribution < -0.4 is 15.2 Å². The van der Waals surface area contributed by atoms with Gasteiger partial charge in [-0.3, -0.25) is 0 Å². The van der Waals surface area contributed by atoms with Crippen LogP contribution in [0, 0.1) is 0 Å². The van der Waals surface area contributed by atoms with Gasteiger partial charge in [0.2, 0.25) is 0 Å². The standard InChI is InChI=1S/C15H22ClNO2/c1-9(2)12-10(8-15(3,4)17)7-11-14(13(12)16)19-6-5-18-11/h7,9H,5-6,8,17H2,1-4H3. The Morgan fingerprint density at radius 1 is 1.32 bits per heavy atom. The SMILES string of the molecule is CC(C)c1c(CC(C)(C)N)cc2c(c1Cl)OCCO2. The van der Waals surface area contributed by atoms with Crippen molar-refractivity contribution in [1.29, 1.82) is 0 Å². The molecule has 2 N–H and O–H groups in total. The molecule has 0 aromatic heterocycles. The van der Waals surface area contributed by atoms with Crippen molar-refractivity contribution in [3.05, 3.63) is 22.2 Å². The second-order valence-electron chi connectivity index (χ2n) is 6.11. The monoisotopic (exact) mass is 283 g/mol. The van der Waals surface area contributed by atoms with E-state index in [1.165, 1.54) is 0 Å². The Hall–Kier alpha value is -0.930. The molecule has 1 aliphatic rings. The average molecular weight is 284 g/mol. The maximum absolute atomic E-state index is 6.51. The van der Waals surface area contributed by atoms with Crippen LogP contribution in [0.15, 0.2) is 6.07 Å². The summed E-state index contributed by atoms with van der Waals surface area (Å²) in [5.74, 6) is 1.73. The fraction of sp³-hybridized carbons (Fsp3) is 0.600. The highest BCUT2D eigenvalue weighted by Crippen LogP contribution is 2.44. The normalized spacial score (nSPS) is 14.9. The first kappa shape index (κ1) is 14.5. The lowest BCUT2D eigenvalue weighted by atomic mass is 9.88. The van der Waals surface area contributed by atoms with E-state index in [4.69, 9.17) is 26.8 Å². The van der Waals surface area contributed by atoms with Crippen molar-refractivity contribution in [3.8, 4) is 11.5 Å². The predicted molar refractivity (Wildman–Crippen MR) is 78.5 cm³/mol. The van der Waals surface area contributed by atoms with Gasteiger partial charge in [-0.25, -0.2) is 0 Å². The lowest BCUT2D eigenvalue weighted by Crippen LogP contribution is -2.35. The molecule has 0 aliphatic carbocycles. The molecule has 1 aliphatic heterocycles. The zero-order valence-electron chi connectivity index (χ0n) is 12.0. The molecule has 1 aromatic rings. The Labute approximate surface area is 120 Å². The summed E-state index contributed by atoms with van der Waals surface area (Å²) in [6, 6.07) is 2.03. The molecule has 0 fully saturated rings. The van der Waals surface area contributed by atoms with Crippen molar-refractivity contribution in [3.63, 3.8) is 0 Å². The summed E-state index contributed by atoms with van der Waals surface area (Å²) >= 11 is 6.51. The molecule has 0 spiro atoms. The maximum atomic E-state index is 6.51. The van der Waals surface area contributed by atoms with Gasteiger partial charge in [0, 0.05) is 5.54 Å². The summed E-state index contributed by atoms with van der Waals surface area (Å²) in [7, 11) is 0. The van der Waals surface area contributed by atoms with Crippen molar-refractivity contribution >= 4 is 11.6 Å². The van der Waals surface area contributed by atoms with E-state index in [1.54, 1.807) is 0 Å². The summed E-state index contributed by atoms with van der Waals surface area (Å²) in [6.07, 6.45) is 0.761. The molecule has 0 radical (unpaired) electrons. The third-order valence-electron chi connectivity index (χ3n) is 3.12. The molecule has 0 atom stereocenters. The van der Waals surface area contributed by atoms with E-state index >= 15 is 0 Å². The summed E-state index contributed by atoms with van der Waals surface area (Å²) in [5, 5.41) is 0.673. The number of nitrogens with two attached hydrogens (primary N) is 1. The highest BCUT2D eigenvalue weighted by molar-refractivity contribution is 6.33. The van der Waals surface area contributed by atoms with Gasteiger partial charge in [0.25, 0.3) is 0 Å². The Bertz CT molecular complexity index is 478. The number of rotatable bonds is 3. The molecule has 1 heterocycles. The molecule has 3 nitrogen and oxygen atoms in total. The largest absolute Gasteiger partial charge is 0.486 e. The first-order valence-corrected chi connectivity index (χ1v) is 7.07. The fourth-order valence-electron chi connectivity index (χ4n) is 2.47. The molecule has 0 amide bonds. The zero-order valence-corrected chi connectivity index (χ0v) is 12.8. The summed E-state index contributed by atoms with van der Waals surface area (Å²) in [4.78, 5) is 0. The molecule has 1 aromatic carbocycles. The lowest BCUT2D eigenvalue weighted by Gasteiger charge is -2.27. The highest BCUT2D eigenvalue weighted by atomic mass is 35.5. The van der Waals surface area contributed by atoms with Crippen LogP contribution in [-0.2, 0) is 6.42 Å². The average Bonchev–Trinajstić information content (AvgIpc) is 2.26. The van der Waals surface area contributed by atoms with Crippen molar-refractivity contribution < 1.29 is 9.47 Å². The van der Waals surface area contributed by atoms with E-state index in [9.17, 15) is 0 Å². The van der Waals surface area contributed by atoms with Gasteiger partial charge in [0.1, 0.15) is 13.2 Å². The minimum Gasteiger partial charge on any atom is -0.486 e. The second kappa shape index (κ2) is 5.22. The van der Waals surface area contributed by atoms with Gasteiger partial charge in [-0.1, -0.05) is 25.4 Å². The number of hydrogen-bond donors (Lipinski definition) is 1. The first-order chi connectivity index (χ1) is 8.79. The zero-order chi connectivity index (χ0) is 14.2. The first-order valence-electron chi connectivity index (χ1n) is 6.69. The van der Waals surface area contributed by atoms with Gasteiger partial charge in [-0.2, -0.15) is 0 Å². The Balaban J connectivity index is 2.54. The molecular formula is C15H22ClNO2. The molecule has 0 saturated carbocycles. The number of benzene rings is 1. The highest BCUT2D eigenvalue weighted by Gasteiger charge is 2.25. The van der Waals surface area contributed by atoms with Crippen molar-refractivity contribution in [2.24, 2.45) is 5.73 Å². The molecule has 4 heteroatoms. The van der Waals surface area contributed by atoms with Gasteiger partial charge < -0.3 is 15.2 Å². The Morgan fingerprint density at radius 2 is 1.95 bits per heavy atom. The van der Waals surface area contributed by atoms with Gasteiger partial charge in [0.05, 0.1) is 5.02 Å². The summed E-state index contributed by atoms with van der Waals surface area (Å²) in [5.41, 5.74) is 8.13. The molecule has 106 valence electrons. The van der Waals surface area contributed by atoms with E-state index in [-0.39, 0.29) is 5.54 Å². The summed E-state index contributed by atoms with van der Waals surface area (Å²) < 4.78 is 11.3. The van der Waals surface area contributed by atoms with Crippen LogP contribution in [0.5, 0.6) is 11.5 Å². The van der Waals surface area contributed by atoms with E-state index in [1.807, 2.05) is 19.9 Å². The van der Waals surface area contributed by atoms with E-state index < -0.39 is 0 Å². The van der Waals surface area contributed by atoms with Crippen LogP contribution in [-0.4, -0.2) is 18.8 Å². The van der Waals surface area contributed by atoms with Gasteiger partial charge in [0.15, 0.2) is 11.5 Å². The molecule has 19 heavy (non-hydrogen) atoms. The Kier molecular flexibility index (Phi) is 3.98. The van der Waals surface area contributed by atoms with Crippen LogP contribution >= 0.6 is 11.6 Å². The molecular weight excluding hydrogens is 262 g/mol. The molecule has 0 unspecified atom stereocenters. The van der Waals surface area contributed by atoms with Crippen molar-refractivity contribution in [1.82, 2.24) is 0 Å². The topological polar surface area (TPSA) is 44.5 Å². The van der Waals surface area contributed by atoms with E-state index in [2.05, 4.69) is 13.8 Å². The van der Waals surface area contributed by atoms with Crippen molar-refractivity contribution in [2.75, 3.05) is 13.2 Å². The fourth-order valence-corrected chi connectivity index (χ4v) is 2.96. The van der Waals surface area contributed by atoms with Crippen LogP contribution in [0.3, 0.4) is 0 Å². The number of halogens is 1. The van der Waals surface area contributed by atoms with E-state index in [0.29, 0.717) is 29.9 Å². The van der Waals surface area contributed by atoms with Crippen LogP contribution in [0.1, 0.15) is 44.7 Å². The molecule has 0 saturated heterocycles. The van der Waals surface area contributed by atoms with Crippen LogP contribution in [0.2, 0.25) is 5.02 Å². The third-order valence-corrected chi connectivity index (χ3v) is 3.50. The molecule has 0 bridgehead atoms. The van der Waals surface area contributed by atoms with Crippen molar-refractivity contribution in [2.45, 2.75) is 45.6 Å². The smallest absolute Gasteiger partial charge is 0.180 e. The van der Waals surface area contributed by atoms with Gasteiger partial charge >= 0.3 is 0 Å². The number of fused-ring (bicyclic) bond motifs is 1. The minimum atomic E-state index is -0.281. The lowest BCUT2D eigenvalue weighted by molar-refractivity contribution is 0.171. The van der Waals surface area contributed by atoms with Gasteiger partial charge in [-0.15, -0.1) is 0 Å². The summed E-state index contributed by atoms with van der Waals surface area (Å²) in [6.45, 7) is 9.40. The quantitative estimate of drug-likeness (QED) is 0.923. The number of ether oxygens (including phenoxy) is 2. The number of hydrogen-bond acceptors (Lipinski definition) is 3.